The first-order valence-corrected chi connectivity index (χ1v) is 8.63. The Bertz CT molecular complexity index is 1030. The Morgan fingerprint density at radius 1 is 1.22 bits per heavy atom. The summed E-state index contributed by atoms with van der Waals surface area (Å²) in [5, 5.41) is 5.07. The van der Waals surface area contributed by atoms with Crippen molar-refractivity contribution in [2.75, 3.05) is 12.4 Å². The molecule has 8 heteroatoms. The Morgan fingerprint density at radius 2 is 2.00 bits per heavy atom. The highest BCUT2D eigenvalue weighted by Crippen LogP contribution is 2.36. The Balaban J connectivity index is 2.19. The van der Waals surface area contributed by atoms with E-state index in [9.17, 15) is 9.59 Å². The highest BCUT2D eigenvalue weighted by atomic mass is 35.5. The van der Waals surface area contributed by atoms with Crippen LogP contribution in [0.1, 0.15) is 22.0 Å². The first kappa shape index (κ1) is 18.9. The molecule has 0 aliphatic carbocycles. The summed E-state index contributed by atoms with van der Waals surface area (Å²) in [6.45, 7) is 0. The molecule has 27 heavy (non-hydrogen) atoms. The van der Waals surface area contributed by atoms with E-state index in [0.717, 1.165) is 0 Å². The van der Waals surface area contributed by atoms with Crippen LogP contribution < -0.4 is 11.1 Å². The fourth-order valence-electron chi connectivity index (χ4n) is 2.80. The number of pyridine rings is 1. The number of benzene rings is 2. The van der Waals surface area contributed by atoms with E-state index in [4.69, 9.17) is 33.7 Å². The molecule has 1 atom stereocenters. The summed E-state index contributed by atoms with van der Waals surface area (Å²) in [7, 11) is 1.28. The van der Waals surface area contributed by atoms with Crippen molar-refractivity contribution in [3.8, 4) is 0 Å². The molecule has 1 unspecified atom stereocenters. The molecule has 0 fully saturated rings. The molecular weight excluding hydrogens is 389 g/mol. The number of hydrogen-bond acceptors (Lipinski definition) is 5. The molecule has 3 N–H and O–H groups in total. The van der Waals surface area contributed by atoms with Gasteiger partial charge in [-0.3, -0.25) is 9.78 Å². The second kappa shape index (κ2) is 7.82. The molecule has 0 bridgehead atoms. The predicted molar refractivity (Wildman–Crippen MR) is 105 cm³/mol. The van der Waals surface area contributed by atoms with Gasteiger partial charge in [0.2, 0.25) is 5.91 Å². The Kier molecular flexibility index (Phi) is 5.48. The topological polar surface area (TPSA) is 94.3 Å². The number of methoxy groups -OCH3 is 1. The maximum Gasteiger partial charge on any atom is 0.337 e. The lowest BCUT2D eigenvalue weighted by Crippen LogP contribution is -2.28. The lowest BCUT2D eigenvalue weighted by molar-refractivity contribution is -0.118. The van der Waals surface area contributed by atoms with Crippen LogP contribution in [0.4, 0.5) is 5.69 Å². The number of primary amides is 1. The van der Waals surface area contributed by atoms with E-state index in [1.54, 1.807) is 42.6 Å². The largest absolute Gasteiger partial charge is 0.465 e. The second-order valence-corrected chi connectivity index (χ2v) is 6.61. The normalized spacial score (nSPS) is 11.8. The highest BCUT2D eigenvalue weighted by Gasteiger charge is 2.21. The smallest absolute Gasteiger partial charge is 0.337 e. The molecule has 6 nitrogen and oxygen atoms in total. The molecule has 0 aliphatic rings. The fourth-order valence-corrected chi connectivity index (χ4v) is 3.41. The van der Waals surface area contributed by atoms with Gasteiger partial charge in [0, 0.05) is 34.1 Å². The molecule has 0 saturated heterocycles. The minimum atomic E-state index is -0.874. The van der Waals surface area contributed by atoms with Gasteiger partial charge >= 0.3 is 5.97 Å². The molecule has 1 aromatic heterocycles. The molecule has 3 aromatic rings. The van der Waals surface area contributed by atoms with Crippen LogP contribution in [0.2, 0.25) is 10.0 Å². The Hall–Kier alpha value is -2.83. The lowest BCUT2D eigenvalue weighted by atomic mass is 10.0. The van der Waals surface area contributed by atoms with Crippen LogP contribution in [0.25, 0.3) is 10.8 Å². The average Bonchev–Trinajstić information content (AvgIpc) is 2.64. The molecular formula is C19H15Cl2N3O3. The summed E-state index contributed by atoms with van der Waals surface area (Å²) < 4.78 is 4.80. The first-order valence-electron chi connectivity index (χ1n) is 7.87. The van der Waals surface area contributed by atoms with Crippen molar-refractivity contribution in [1.29, 1.82) is 0 Å². The van der Waals surface area contributed by atoms with E-state index < -0.39 is 17.9 Å². The van der Waals surface area contributed by atoms with Gasteiger partial charge in [0.25, 0.3) is 0 Å². The summed E-state index contributed by atoms with van der Waals surface area (Å²) >= 11 is 12.5. The number of rotatable bonds is 5. The zero-order valence-electron chi connectivity index (χ0n) is 14.2. The number of carbonyl (C=O) groups is 2. The van der Waals surface area contributed by atoms with Gasteiger partial charge in [0.05, 0.1) is 17.7 Å². The molecule has 1 amide bonds. The second-order valence-electron chi connectivity index (χ2n) is 5.77. The number of aromatic nitrogens is 1. The van der Waals surface area contributed by atoms with Crippen LogP contribution in [-0.4, -0.2) is 24.0 Å². The van der Waals surface area contributed by atoms with Gasteiger partial charge in [-0.15, -0.1) is 0 Å². The van der Waals surface area contributed by atoms with Crippen LogP contribution in [0.3, 0.4) is 0 Å². The van der Waals surface area contributed by atoms with E-state index in [1.807, 2.05) is 0 Å². The number of hydrogen-bond donors (Lipinski definition) is 2. The van der Waals surface area contributed by atoms with E-state index >= 15 is 0 Å². The summed E-state index contributed by atoms with van der Waals surface area (Å²) in [5.41, 5.74) is 6.87. The van der Waals surface area contributed by atoms with Crippen LogP contribution in [0.15, 0.2) is 48.8 Å². The van der Waals surface area contributed by atoms with Crippen LogP contribution in [0, 0.1) is 0 Å². The van der Waals surface area contributed by atoms with Crippen LogP contribution in [-0.2, 0) is 9.53 Å². The van der Waals surface area contributed by atoms with Gasteiger partial charge in [-0.25, -0.2) is 4.79 Å². The van der Waals surface area contributed by atoms with Gasteiger partial charge in [0.15, 0.2) is 0 Å². The van der Waals surface area contributed by atoms with E-state index in [-0.39, 0.29) is 5.56 Å². The van der Waals surface area contributed by atoms with E-state index in [2.05, 4.69) is 10.3 Å². The van der Waals surface area contributed by atoms with E-state index in [1.165, 1.54) is 13.3 Å². The number of fused-ring (bicyclic) bond motifs is 1. The molecule has 0 radical (unpaired) electrons. The molecule has 3 rings (SSSR count). The predicted octanol–water partition coefficient (Wildman–Crippen LogP) is 3.97. The molecule has 2 aromatic carbocycles. The number of nitrogens with zero attached hydrogens (tertiary/aromatic N) is 1. The molecule has 0 saturated carbocycles. The minimum absolute atomic E-state index is 0.278. The van der Waals surface area contributed by atoms with Gasteiger partial charge in [0.1, 0.15) is 6.04 Å². The van der Waals surface area contributed by atoms with Gasteiger partial charge in [-0.1, -0.05) is 29.3 Å². The monoisotopic (exact) mass is 403 g/mol. The maximum atomic E-state index is 12.1. The Morgan fingerprint density at radius 3 is 2.63 bits per heavy atom. The summed E-state index contributed by atoms with van der Waals surface area (Å²) in [4.78, 5) is 28.1. The molecule has 138 valence electrons. The van der Waals surface area contributed by atoms with Crippen LogP contribution in [0.5, 0.6) is 0 Å². The lowest BCUT2D eigenvalue weighted by Gasteiger charge is -2.19. The first-order chi connectivity index (χ1) is 12.9. The Labute approximate surface area is 165 Å². The number of nitrogens with one attached hydrogen (secondary N) is 1. The third kappa shape index (κ3) is 3.97. The fraction of sp³-hybridized carbons (Fsp3) is 0.105. The number of ether oxygens (including phenoxy) is 1. The third-order valence-corrected chi connectivity index (χ3v) is 4.51. The van der Waals surface area contributed by atoms with Gasteiger partial charge in [-0.05, 0) is 35.7 Å². The molecule has 0 aliphatic heterocycles. The number of halogens is 2. The zero-order valence-corrected chi connectivity index (χ0v) is 15.7. The van der Waals surface area contributed by atoms with E-state index in [0.29, 0.717) is 32.1 Å². The van der Waals surface area contributed by atoms with Crippen molar-refractivity contribution in [2.45, 2.75) is 6.04 Å². The summed E-state index contributed by atoms with van der Waals surface area (Å²) in [6, 6.07) is 8.97. The number of esters is 1. The van der Waals surface area contributed by atoms with Crippen molar-refractivity contribution in [3.05, 3.63) is 70.0 Å². The number of nitrogens with two attached hydrogens (primary N) is 1. The zero-order chi connectivity index (χ0) is 19.6. The van der Waals surface area contributed by atoms with Gasteiger partial charge < -0.3 is 15.8 Å². The quantitative estimate of drug-likeness (QED) is 0.628. The molecule has 1 heterocycles. The van der Waals surface area contributed by atoms with Crippen molar-refractivity contribution < 1.29 is 14.3 Å². The summed E-state index contributed by atoms with van der Waals surface area (Å²) in [5.74, 6) is -1.14. The average molecular weight is 404 g/mol. The standard InChI is InChI=1S/C19H15Cl2N3O3/c1-27-19(26)12-5-11-6-13(20)8-14(21)16(11)15(7-12)24-17(18(22)25)10-3-2-4-23-9-10/h2-9,17,24H,1H3,(H2,22,25). The van der Waals surface area contributed by atoms with Crippen molar-refractivity contribution in [1.82, 2.24) is 4.98 Å². The molecule has 0 spiro atoms. The van der Waals surface area contributed by atoms with Crippen molar-refractivity contribution in [3.63, 3.8) is 0 Å². The maximum absolute atomic E-state index is 12.1. The number of carbonyl (C=O) groups excluding carboxylic acids is 2. The minimum Gasteiger partial charge on any atom is -0.465 e. The SMILES string of the molecule is COC(=O)c1cc(NC(C(N)=O)c2cccnc2)c2c(Cl)cc(Cl)cc2c1. The van der Waals surface area contributed by atoms with Gasteiger partial charge in [-0.2, -0.15) is 0 Å². The number of amides is 1. The third-order valence-electron chi connectivity index (χ3n) is 3.99. The summed E-state index contributed by atoms with van der Waals surface area (Å²) in [6.07, 6.45) is 3.13. The number of anilines is 1. The van der Waals surface area contributed by atoms with Crippen molar-refractivity contribution >= 4 is 51.5 Å². The van der Waals surface area contributed by atoms with Crippen LogP contribution >= 0.6 is 23.2 Å². The highest BCUT2D eigenvalue weighted by molar-refractivity contribution is 6.39. The van der Waals surface area contributed by atoms with Crippen molar-refractivity contribution in [2.24, 2.45) is 5.73 Å².